The van der Waals surface area contributed by atoms with Crippen LogP contribution in [0.2, 0.25) is 20.1 Å². The third-order valence-corrected chi connectivity index (χ3v) is 4.80. The van der Waals surface area contributed by atoms with Gasteiger partial charge >= 0.3 is 6.01 Å². The summed E-state index contributed by atoms with van der Waals surface area (Å²) in [5.74, 6) is 1.07. The topological polar surface area (TPSA) is 44.2 Å². The van der Waals surface area contributed by atoms with Crippen molar-refractivity contribution in [3.8, 4) is 23.4 Å². The molecule has 0 radical (unpaired) electrons. The van der Waals surface area contributed by atoms with E-state index in [4.69, 9.17) is 55.9 Å². The van der Waals surface area contributed by atoms with Crippen LogP contribution in [0.1, 0.15) is 0 Å². The lowest BCUT2D eigenvalue weighted by atomic mass is 10.2. The summed E-state index contributed by atoms with van der Waals surface area (Å²) in [6, 6.07) is 17.3. The van der Waals surface area contributed by atoms with Crippen molar-refractivity contribution >= 4 is 57.3 Å². The van der Waals surface area contributed by atoms with Gasteiger partial charge in [-0.25, -0.2) is 0 Å². The van der Waals surface area contributed by atoms with E-state index in [0.29, 0.717) is 42.5 Å². The molecule has 4 aromatic rings. The van der Waals surface area contributed by atoms with Crippen molar-refractivity contribution in [2.45, 2.75) is 0 Å². The smallest absolute Gasteiger partial charge is 0.325 e. The first-order chi connectivity index (χ1) is 13.5. The fourth-order valence-corrected chi connectivity index (χ4v) is 3.36. The maximum atomic E-state index is 6.22. The molecule has 0 bridgehead atoms. The molecule has 28 heavy (non-hydrogen) atoms. The highest BCUT2D eigenvalue weighted by Crippen LogP contribution is 2.36. The minimum Gasteiger partial charge on any atom is -0.437 e. The highest BCUT2D eigenvalue weighted by molar-refractivity contribution is 6.36. The average molecular weight is 452 g/mol. The van der Waals surface area contributed by atoms with Crippen LogP contribution in [0.3, 0.4) is 0 Å². The summed E-state index contributed by atoms with van der Waals surface area (Å²) in [7, 11) is 0. The first kappa shape index (κ1) is 19.1. The molecule has 0 unspecified atom stereocenters. The lowest BCUT2D eigenvalue weighted by Gasteiger charge is -2.12. The molecule has 1 aromatic heterocycles. The van der Waals surface area contributed by atoms with Gasteiger partial charge in [-0.05, 0) is 48.5 Å². The van der Waals surface area contributed by atoms with Crippen molar-refractivity contribution in [3.63, 3.8) is 0 Å². The van der Waals surface area contributed by atoms with Gasteiger partial charge in [-0.2, -0.15) is 9.97 Å². The second kappa shape index (κ2) is 8.02. The first-order valence-corrected chi connectivity index (χ1v) is 9.53. The lowest BCUT2D eigenvalue weighted by Crippen LogP contribution is -1.97. The Balaban J connectivity index is 1.76. The van der Waals surface area contributed by atoms with E-state index in [-0.39, 0.29) is 11.9 Å². The molecule has 4 nitrogen and oxygen atoms in total. The Bertz CT molecular complexity index is 1180. The molecular weight excluding hydrogens is 442 g/mol. The summed E-state index contributed by atoms with van der Waals surface area (Å²) in [6.07, 6.45) is 0. The monoisotopic (exact) mass is 450 g/mol. The van der Waals surface area contributed by atoms with Gasteiger partial charge in [0.25, 0.3) is 0 Å². The minimum absolute atomic E-state index is 0.0722. The molecule has 8 heteroatoms. The Morgan fingerprint density at radius 3 is 1.89 bits per heavy atom. The van der Waals surface area contributed by atoms with E-state index in [1.54, 1.807) is 36.4 Å². The summed E-state index contributed by atoms with van der Waals surface area (Å²) in [4.78, 5) is 8.79. The molecule has 0 saturated carbocycles. The molecule has 0 aliphatic rings. The quantitative estimate of drug-likeness (QED) is 0.317. The number of fused-ring (bicyclic) bond motifs is 1. The number of para-hydroxylation sites is 1. The molecule has 0 fully saturated rings. The van der Waals surface area contributed by atoms with E-state index in [1.807, 2.05) is 24.3 Å². The maximum Gasteiger partial charge on any atom is 0.325 e. The summed E-state index contributed by atoms with van der Waals surface area (Å²) < 4.78 is 11.7. The second-order valence-corrected chi connectivity index (χ2v) is 7.37. The van der Waals surface area contributed by atoms with Crippen LogP contribution < -0.4 is 9.47 Å². The Hall–Kier alpha value is -2.24. The number of aromatic nitrogens is 2. The molecule has 0 amide bonds. The van der Waals surface area contributed by atoms with Crippen molar-refractivity contribution in [2.24, 2.45) is 0 Å². The Morgan fingerprint density at radius 2 is 1.25 bits per heavy atom. The summed E-state index contributed by atoms with van der Waals surface area (Å²) in [5.41, 5.74) is 0.637. The number of hydrogen-bond acceptors (Lipinski definition) is 4. The third-order valence-electron chi connectivity index (χ3n) is 3.74. The maximum absolute atomic E-state index is 6.22. The van der Waals surface area contributed by atoms with Gasteiger partial charge in [-0.1, -0.05) is 58.5 Å². The van der Waals surface area contributed by atoms with Gasteiger partial charge in [0, 0.05) is 10.0 Å². The van der Waals surface area contributed by atoms with E-state index in [2.05, 4.69) is 9.97 Å². The molecule has 0 aliphatic heterocycles. The van der Waals surface area contributed by atoms with E-state index in [9.17, 15) is 0 Å². The van der Waals surface area contributed by atoms with Crippen molar-refractivity contribution in [2.75, 3.05) is 0 Å². The van der Waals surface area contributed by atoms with Crippen LogP contribution in [0.4, 0.5) is 0 Å². The number of hydrogen-bond donors (Lipinski definition) is 0. The fraction of sp³-hybridized carbons (Fsp3) is 0. The van der Waals surface area contributed by atoms with E-state index in [0.717, 1.165) is 0 Å². The zero-order chi connectivity index (χ0) is 19.7. The number of ether oxygens (including phenoxy) is 2. The van der Waals surface area contributed by atoms with Crippen LogP contribution in [0.5, 0.6) is 23.4 Å². The van der Waals surface area contributed by atoms with Gasteiger partial charge in [-0.3, -0.25) is 0 Å². The van der Waals surface area contributed by atoms with Crippen molar-refractivity contribution in [1.82, 2.24) is 9.97 Å². The van der Waals surface area contributed by atoms with Gasteiger partial charge in [0.1, 0.15) is 11.5 Å². The van der Waals surface area contributed by atoms with E-state index < -0.39 is 0 Å². The third kappa shape index (κ3) is 4.10. The molecule has 4 rings (SSSR count). The summed E-state index contributed by atoms with van der Waals surface area (Å²) in [5, 5.41) is 2.40. The van der Waals surface area contributed by atoms with Crippen LogP contribution in [0.25, 0.3) is 10.9 Å². The Labute approximate surface area is 180 Å². The Morgan fingerprint density at radius 1 is 0.643 bits per heavy atom. The molecule has 140 valence electrons. The summed E-state index contributed by atoms with van der Waals surface area (Å²) in [6.45, 7) is 0. The molecular formula is C20H10Cl4N2O2. The first-order valence-electron chi connectivity index (χ1n) is 8.02. The van der Waals surface area contributed by atoms with Crippen molar-refractivity contribution in [1.29, 1.82) is 0 Å². The zero-order valence-corrected chi connectivity index (χ0v) is 17.0. The van der Waals surface area contributed by atoms with Crippen molar-refractivity contribution < 1.29 is 9.47 Å². The fourth-order valence-electron chi connectivity index (χ4n) is 2.47. The molecule has 0 saturated heterocycles. The molecule has 1 heterocycles. The van der Waals surface area contributed by atoms with Gasteiger partial charge in [-0.15, -0.1) is 0 Å². The zero-order valence-electron chi connectivity index (χ0n) is 14.0. The van der Waals surface area contributed by atoms with Crippen LogP contribution in [0.15, 0.2) is 60.7 Å². The molecule has 0 aliphatic carbocycles. The van der Waals surface area contributed by atoms with Gasteiger partial charge in [0.05, 0.1) is 20.9 Å². The largest absolute Gasteiger partial charge is 0.437 e. The van der Waals surface area contributed by atoms with E-state index >= 15 is 0 Å². The number of nitrogens with zero attached hydrogens (tertiary/aromatic N) is 2. The van der Waals surface area contributed by atoms with Gasteiger partial charge < -0.3 is 9.47 Å². The van der Waals surface area contributed by atoms with Gasteiger partial charge in [0.15, 0.2) is 0 Å². The molecule has 0 spiro atoms. The number of benzene rings is 3. The predicted molar refractivity (Wildman–Crippen MR) is 113 cm³/mol. The van der Waals surface area contributed by atoms with Crippen molar-refractivity contribution in [3.05, 3.63) is 80.8 Å². The molecule has 0 N–H and O–H groups in total. The molecule has 0 atom stereocenters. The lowest BCUT2D eigenvalue weighted by molar-refractivity contribution is 0.417. The van der Waals surface area contributed by atoms with Crippen LogP contribution >= 0.6 is 46.4 Å². The SMILES string of the molecule is Clc1ccc(Oc2nc(Oc3ccc(Cl)cc3Cl)c3ccccc3n2)c(Cl)c1. The van der Waals surface area contributed by atoms with E-state index in [1.165, 1.54) is 0 Å². The molecule has 3 aromatic carbocycles. The predicted octanol–water partition coefficient (Wildman–Crippen LogP) is 7.83. The normalized spacial score (nSPS) is 10.9. The number of halogens is 4. The number of rotatable bonds is 4. The van der Waals surface area contributed by atoms with Crippen LogP contribution in [-0.4, -0.2) is 9.97 Å². The summed E-state index contributed by atoms with van der Waals surface area (Å²) >= 11 is 24.3. The average Bonchev–Trinajstić information content (AvgIpc) is 2.66. The minimum atomic E-state index is 0.0722. The highest BCUT2D eigenvalue weighted by atomic mass is 35.5. The second-order valence-electron chi connectivity index (χ2n) is 5.68. The van der Waals surface area contributed by atoms with Gasteiger partial charge in [0.2, 0.25) is 5.88 Å². The highest BCUT2D eigenvalue weighted by Gasteiger charge is 2.14. The van der Waals surface area contributed by atoms with Crippen LogP contribution in [-0.2, 0) is 0 Å². The Kier molecular flexibility index (Phi) is 5.47. The standard InChI is InChI=1S/C20H10Cl4N2O2/c21-11-5-7-17(14(23)9-11)27-19-13-3-1-2-4-16(13)25-20(26-19)28-18-8-6-12(22)10-15(18)24/h1-10H. The van der Waals surface area contributed by atoms with Crippen LogP contribution in [0, 0.1) is 0 Å².